The van der Waals surface area contributed by atoms with Gasteiger partial charge in [0.2, 0.25) is 0 Å². The van der Waals surface area contributed by atoms with E-state index in [1.165, 1.54) is 118 Å². The maximum atomic E-state index is 12.7. The molecule has 0 N–H and O–H groups in total. The Morgan fingerprint density at radius 1 is 0.274 bits per heavy atom. The molecule has 0 aliphatic heterocycles. The maximum Gasteiger partial charge on any atom is 0.167 e. The van der Waals surface area contributed by atoms with E-state index in [1.54, 1.807) is 0 Å². The predicted molar refractivity (Wildman–Crippen MR) is 264 cm³/mol. The molecule has 0 heterocycles. The van der Waals surface area contributed by atoms with E-state index in [9.17, 15) is 9.59 Å². The average Bonchev–Trinajstić information content (AvgIpc) is 3.31. The minimum absolute atomic E-state index is 0.214. The topological polar surface area (TPSA) is 34.1 Å². The van der Waals surface area contributed by atoms with E-state index < -0.39 is 0 Å². The van der Waals surface area contributed by atoms with Gasteiger partial charge in [-0.25, -0.2) is 0 Å². The number of allylic oxidation sites excluding steroid dienone is 2. The van der Waals surface area contributed by atoms with Crippen LogP contribution in [0.2, 0.25) is 0 Å². The number of hydrogen-bond donors (Lipinski definition) is 0. The summed E-state index contributed by atoms with van der Waals surface area (Å²) in [5.41, 5.74) is 3.87. The summed E-state index contributed by atoms with van der Waals surface area (Å²) >= 11 is 0. The van der Waals surface area contributed by atoms with Crippen molar-refractivity contribution in [2.24, 2.45) is 0 Å². The molecular formula is C60H32O2. The molecule has 0 saturated carbocycles. The third kappa shape index (κ3) is 4.09. The van der Waals surface area contributed by atoms with Crippen LogP contribution in [0.15, 0.2) is 158 Å². The summed E-state index contributed by atoms with van der Waals surface area (Å²) in [4.78, 5) is 25.3. The summed E-state index contributed by atoms with van der Waals surface area (Å²) in [6, 6.07) is 53.4. The maximum absolute atomic E-state index is 12.7. The van der Waals surface area contributed by atoms with E-state index in [1.807, 2.05) is 12.2 Å². The van der Waals surface area contributed by atoms with Gasteiger partial charge >= 0.3 is 0 Å². The van der Waals surface area contributed by atoms with E-state index >= 15 is 0 Å². The summed E-state index contributed by atoms with van der Waals surface area (Å²) in [6.45, 7) is 0. The Balaban J connectivity index is 0.000000116. The number of ketones is 2. The number of Topliss-reactive ketones (excluding diaryl/α,β-unsaturated/α-hetero) is 2. The van der Waals surface area contributed by atoms with E-state index in [0.717, 1.165) is 33.0 Å². The minimum atomic E-state index is 0.214. The Morgan fingerprint density at radius 3 is 1.00 bits per heavy atom. The molecule has 14 aromatic carbocycles. The first-order valence-corrected chi connectivity index (χ1v) is 21.6. The van der Waals surface area contributed by atoms with E-state index in [0.29, 0.717) is 12.8 Å². The fourth-order valence-electron chi connectivity index (χ4n) is 11.9. The van der Waals surface area contributed by atoms with E-state index in [4.69, 9.17) is 0 Å². The Labute approximate surface area is 353 Å². The van der Waals surface area contributed by atoms with Crippen molar-refractivity contribution in [3.63, 3.8) is 0 Å². The highest BCUT2D eigenvalue weighted by atomic mass is 16.1. The molecule has 2 aliphatic rings. The third-order valence-corrected chi connectivity index (χ3v) is 14.5. The standard InChI is InChI=1S/2C30H16O/c2*31-26-7-3-6-22-23(26)13-18-9-11-19-14-24-21-5-2-1-4-16(21)12-17-8-10-20-15-25(22)28(18)30(19)29(20)27(17)24/h2*1-6,8-15H,7H2. The molecular weight excluding hydrogens is 753 g/mol. The van der Waals surface area contributed by atoms with Crippen LogP contribution in [0.3, 0.4) is 0 Å². The lowest BCUT2D eigenvalue weighted by molar-refractivity contribution is 0.0986. The Kier molecular flexibility index (Phi) is 6.07. The van der Waals surface area contributed by atoms with Crippen LogP contribution < -0.4 is 0 Å². The van der Waals surface area contributed by atoms with Crippen molar-refractivity contribution in [1.29, 1.82) is 0 Å². The molecule has 2 aliphatic carbocycles. The van der Waals surface area contributed by atoms with Gasteiger partial charge in [-0.1, -0.05) is 121 Å². The third-order valence-electron chi connectivity index (χ3n) is 14.5. The molecule has 0 aromatic heterocycles. The number of hydrogen-bond acceptors (Lipinski definition) is 2. The van der Waals surface area contributed by atoms with Crippen molar-refractivity contribution >= 4 is 153 Å². The Bertz CT molecular complexity index is 4120. The van der Waals surface area contributed by atoms with Gasteiger partial charge in [0, 0.05) is 24.0 Å². The predicted octanol–water partition coefficient (Wildman–Crippen LogP) is 16.2. The van der Waals surface area contributed by atoms with Gasteiger partial charge in [0.1, 0.15) is 0 Å². The smallest absolute Gasteiger partial charge is 0.167 e. The van der Waals surface area contributed by atoms with Crippen molar-refractivity contribution in [1.82, 2.24) is 0 Å². The zero-order chi connectivity index (χ0) is 40.5. The summed E-state index contributed by atoms with van der Waals surface area (Å²) in [7, 11) is 0. The highest BCUT2D eigenvalue weighted by Crippen LogP contribution is 2.49. The molecule has 0 atom stereocenters. The fraction of sp³-hybridized carbons (Fsp3) is 0.0333. The van der Waals surface area contributed by atoms with Gasteiger partial charge in [-0.2, -0.15) is 0 Å². The van der Waals surface area contributed by atoms with Crippen molar-refractivity contribution < 1.29 is 9.59 Å². The molecule has 2 heteroatoms. The lowest BCUT2D eigenvalue weighted by Gasteiger charge is -2.21. The van der Waals surface area contributed by atoms with Gasteiger partial charge in [0.15, 0.2) is 11.6 Å². The summed E-state index contributed by atoms with van der Waals surface area (Å²) in [5, 5.41) is 30.7. The molecule has 2 nitrogen and oxygen atoms in total. The zero-order valence-electron chi connectivity index (χ0n) is 33.4. The molecule has 14 aromatic rings. The summed E-state index contributed by atoms with van der Waals surface area (Å²) in [5.74, 6) is 0.429. The first-order valence-electron chi connectivity index (χ1n) is 21.6. The molecule has 0 unspecified atom stereocenters. The second-order valence-corrected chi connectivity index (χ2v) is 17.7. The average molecular weight is 785 g/mol. The quantitative estimate of drug-likeness (QED) is 0.113. The molecule has 284 valence electrons. The molecule has 0 amide bonds. The molecule has 62 heavy (non-hydrogen) atoms. The second-order valence-electron chi connectivity index (χ2n) is 17.7. The van der Waals surface area contributed by atoms with Gasteiger partial charge in [-0.05, 0) is 189 Å². The van der Waals surface area contributed by atoms with Crippen LogP contribution in [0.25, 0.3) is 141 Å². The molecule has 0 bridgehead atoms. The number of fused-ring (bicyclic) bond motifs is 8. The molecule has 0 fully saturated rings. The summed E-state index contributed by atoms with van der Waals surface area (Å²) in [6.07, 6.45) is 9.27. The fourth-order valence-corrected chi connectivity index (χ4v) is 11.9. The van der Waals surface area contributed by atoms with Crippen LogP contribution in [0.5, 0.6) is 0 Å². The first kappa shape index (κ1) is 32.9. The number of carbonyl (C=O) groups excluding carboxylic acids is 2. The van der Waals surface area contributed by atoms with Crippen molar-refractivity contribution in [3.05, 3.63) is 180 Å². The highest BCUT2D eigenvalue weighted by Gasteiger charge is 2.24. The largest absolute Gasteiger partial charge is 0.294 e. The van der Waals surface area contributed by atoms with Crippen LogP contribution in [-0.4, -0.2) is 11.6 Å². The normalized spacial score (nSPS) is 14.3. The van der Waals surface area contributed by atoms with Gasteiger partial charge in [-0.3, -0.25) is 9.59 Å². The van der Waals surface area contributed by atoms with Crippen molar-refractivity contribution in [3.8, 4) is 0 Å². The van der Waals surface area contributed by atoms with E-state index in [-0.39, 0.29) is 11.6 Å². The number of rotatable bonds is 0. The zero-order valence-corrected chi connectivity index (χ0v) is 33.4. The number of benzene rings is 14. The van der Waals surface area contributed by atoms with Crippen molar-refractivity contribution in [2.45, 2.75) is 12.8 Å². The van der Waals surface area contributed by atoms with Crippen LogP contribution >= 0.6 is 0 Å². The molecule has 16 rings (SSSR count). The molecule has 0 spiro atoms. The minimum Gasteiger partial charge on any atom is -0.294 e. The van der Waals surface area contributed by atoms with Gasteiger partial charge in [0.05, 0.1) is 0 Å². The second kappa shape index (κ2) is 11.5. The monoisotopic (exact) mass is 784 g/mol. The molecule has 0 saturated heterocycles. The summed E-state index contributed by atoms with van der Waals surface area (Å²) < 4.78 is 0. The van der Waals surface area contributed by atoms with Crippen LogP contribution in [0.4, 0.5) is 0 Å². The Hall–Kier alpha value is -7.94. The van der Waals surface area contributed by atoms with Crippen LogP contribution in [0, 0.1) is 0 Å². The lowest BCUT2D eigenvalue weighted by Crippen LogP contribution is -2.05. The number of carbonyl (C=O) groups is 2. The first-order chi connectivity index (χ1) is 30.6. The highest BCUT2D eigenvalue weighted by molar-refractivity contribution is 6.41. The van der Waals surface area contributed by atoms with E-state index in [2.05, 4.69) is 158 Å². The Morgan fingerprint density at radius 2 is 0.597 bits per heavy atom. The SMILES string of the molecule is O=C1CC=Cc2c1cc1ccc3cc4c5ccccc5cc5ccc6cc2c1c3c6c54.O=C1CC=Cc2c1cc1ccc3cc4c5ccccc5cc5ccc6cc2c1c3c6c54. The van der Waals surface area contributed by atoms with Crippen molar-refractivity contribution in [2.75, 3.05) is 0 Å². The van der Waals surface area contributed by atoms with Crippen LogP contribution in [-0.2, 0) is 0 Å². The van der Waals surface area contributed by atoms with Gasteiger partial charge in [-0.15, -0.1) is 0 Å². The lowest BCUT2D eigenvalue weighted by atomic mass is 9.82. The molecule has 0 radical (unpaired) electrons. The van der Waals surface area contributed by atoms with Crippen LogP contribution in [0.1, 0.15) is 44.7 Å². The van der Waals surface area contributed by atoms with Gasteiger partial charge in [0.25, 0.3) is 0 Å². The van der Waals surface area contributed by atoms with Gasteiger partial charge < -0.3 is 0 Å².